The van der Waals surface area contributed by atoms with Gasteiger partial charge in [0, 0.05) is 25.7 Å². The van der Waals surface area contributed by atoms with Gasteiger partial charge in [-0.2, -0.15) is 0 Å². The Morgan fingerprint density at radius 2 is 2.33 bits per heavy atom. The normalized spacial score (nSPS) is 16.1. The summed E-state index contributed by atoms with van der Waals surface area (Å²) in [5, 5.41) is 2.88. The van der Waals surface area contributed by atoms with E-state index in [1.165, 1.54) is 0 Å². The maximum Gasteiger partial charge on any atom is 0.223 e. The van der Waals surface area contributed by atoms with Crippen LogP contribution in [0.4, 0.5) is 0 Å². The van der Waals surface area contributed by atoms with Gasteiger partial charge in [-0.15, -0.1) is 0 Å². The third-order valence-corrected chi connectivity index (χ3v) is 1.92. The second-order valence-corrected chi connectivity index (χ2v) is 3.12. The van der Waals surface area contributed by atoms with Crippen molar-refractivity contribution in [3.63, 3.8) is 0 Å². The summed E-state index contributed by atoms with van der Waals surface area (Å²) in [4.78, 5) is 11.1. The van der Waals surface area contributed by atoms with Crippen molar-refractivity contribution in [2.24, 2.45) is 5.92 Å². The van der Waals surface area contributed by atoms with Crippen LogP contribution in [0.1, 0.15) is 26.2 Å². The molecule has 1 rings (SSSR count). The van der Waals surface area contributed by atoms with E-state index in [1.807, 2.05) is 6.92 Å². The first kappa shape index (κ1) is 9.52. The number of rotatable bonds is 6. The van der Waals surface area contributed by atoms with Crippen LogP contribution in [-0.4, -0.2) is 25.7 Å². The molecule has 3 nitrogen and oxygen atoms in total. The maximum atomic E-state index is 11.1. The molecule has 1 aliphatic rings. The Labute approximate surface area is 73.5 Å². The molecule has 0 aliphatic heterocycles. The minimum atomic E-state index is 0.228. The van der Waals surface area contributed by atoms with Crippen LogP contribution < -0.4 is 5.32 Å². The Bertz CT molecular complexity index is 143. The Kier molecular flexibility index (Phi) is 4.08. The molecule has 0 atom stereocenters. The average molecular weight is 171 g/mol. The molecule has 0 unspecified atom stereocenters. The highest BCUT2D eigenvalue weighted by Crippen LogP contribution is 2.28. The van der Waals surface area contributed by atoms with Crippen LogP contribution in [0, 0.1) is 5.92 Å². The summed E-state index contributed by atoms with van der Waals surface area (Å²) in [6.45, 7) is 4.25. The van der Waals surface area contributed by atoms with Crippen LogP contribution in [0.25, 0.3) is 0 Å². The zero-order valence-electron chi connectivity index (χ0n) is 7.64. The summed E-state index contributed by atoms with van der Waals surface area (Å²) in [6.07, 6.45) is 3.08. The van der Waals surface area contributed by atoms with Crippen molar-refractivity contribution in [1.82, 2.24) is 5.32 Å². The van der Waals surface area contributed by atoms with E-state index in [4.69, 9.17) is 4.74 Å². The fraction of sp³-hybridized carbons (Fsp3) is 0.889. The maximum absolute atomic E-state index is 11.1. The zero-order chi connectivity index (χ0) is 8.81. The molecule has 0 heterocycles. The number of carbonyl (C=O) groups is 1. The smallest absolute Gasteiger partial charge is 0.223 e. The number of hydrogen-bond acceptors (Lipinski definition) is 2. The van der Waals surface area contributed by atoms with E-state index < -0.39 is 0 Å². The van der Waals surface area contributed by atoms with Crippen LogP contribution in [0.3, 0.4) is 0 Å². The van der Waals surface area contributed by atoms with Crippen molar-refractivity contribution in [2.75, 3.05) is 19.8 Å². The number of nitrogens with one attached hydrogen (secondary N) is 1. The molecular weight excluding hydrogens is 154 g/mol. The van der Waals surface area contributed by atoms with Crippen molar-refractivity contribution in [1.29, 1.82) is 0 Å². The van der Waals surface area contributed by atoms with Crippen LogP contribution in [0.15, 0.2) is 0 Å². The van der Waals surface area contributed by atoms with E-state index in [9.17, 15) is 4.79 Å². The van der Waals surface area contributed by atoms with Gasteiger partial charge in [0.2, 0.25) is 5.91 Å². The van der Waals surface area contributed by atoms with E-state index in [1.54, 1.807) is 0 Å². The van der Waals surface area contributed by atoms with Gasteiger partial charge >= 0.3 is 0 Å². The Morgan fingerprint density at radius 3 is 2.92 bits per heavy atom. The SMILES string of the molecule is CCOCCCNC(=O)C1CC1. The Morgan fingerprint density at radius 1 is 1.58 bits per heavy atom. The standard InChI is InChI=1S/C9H17NO2/c1-2-12-7-3-6-10-9(11)8-4-5-8/h8H,2-7H2,1H3,(H,10,11). The number of ether oxygens (including phenoxy) is 1. The number of hydrogen-bond donors (Lipinski definition) is 1. The van der Waals surface area contributed by atoms with Crippen molar-refractivity contribution >= 4 is 5.91 Å². The third-order valence-electron chi connectivity index (χ3n) is 1.92. The fourth-order valence-electron chi connectivity index (χ4n) is 1.02. The lowest BCUT2D eigenvalue weighted by Gasteiger charge is -2.03. The molecule has 1 saturated carbocycles. The summed E-state index contributed by atoms with van der Waals surface area (Å²) in [6, 6.07) is 0. The predicted molar refractivity (Wildman–Crippen MR) is 46.8 cm³/mol. The minimum Gasteiger partial charge on any atom is -0.382 e. The molecule has 0 aromatic rings. The summed E-state index contributed by atoms with van der Waals surface area (Å²) in [7, 11) is 0. The Balaban J connectivity index is 1.84. The third kappa shape index (κ3) is 3.72. The first-order chi connectivity index (χ1) is 5.84. The zero-order valence-corrected chi connectivity index (χ0v) is 7.64. The van der Waals surface area contributed by atoms with Crippen molar-refractivity contribution < 1.29 is 9.53 Å². The molecule has 12 heavy (non-hydrogen) atoms. The molecule has 0 aromatic heterocycles. The minimum absolute atomic E-state index is 0.228. The van der Waals surface area contributed by atoms with Crippen LogP contribution in [-0.2, 0) is 9.53 Å². The van der Waals surface area contributed by atoms with E-state index in [2.05, 4.69) is 5.32 Å². The average Bonchev–Trinajstić information content (AvgIpc) is 2.86. The summed E-state index contributed by atoms with van der Waals surface area (Å²) in [5.74, 6) is 0.559. The molecule has 0 spiro atoms. The molecule has 1 N–H and O–H groups in total. The van der Waals surface area contributed by atoms with Crippen molar-refractivity contribution in [2.45, 2.75) is 26.2 Å². The van der Waals surface area contributed by atoms with Gasteiger partial charge in [0.15, 0.2) is 0 Å². The van der Waals surface area contributed by atoms with Gasteiger partial charge < -0.3 is 10.1 Å². The van der Waals surface area contributed by atoms with Gasteiger partial charge in [-0.3, -0.25) is 4.79 Å². The molecule has 70 valence electrons. The van der Waals surface area contributed by atoms with Gasteiger partial charge in [-0.1, -0.05) is 0 Å². The first-order valence-electron chi connectivity index (χ1n) is 4.70. The quantitative estimate of drug-likeness (QED) is 0.604. The van der Waals surface area contributed by atoms with Crippen molar-refractivity contribution in [3.8, 4) is 0 Å². The molecule has 0 radical (unpaired) electrons. The molecule has 0 bridgehead atoms. The largest absolute Gasteiger partial charge is 0.382 e. The molecule has 1 fully saturated rings. The fourth-order valence-corrected chi connectivity index (χ4v) is 1.02. The van der Waals surface area contributed by atoms with Gasteiger partial charge in [-0.25, -0.2) is 0 Å². The molecule has 0 saturated heterocycles. The van der Waals surface area contributed by atoms with E-state index in [0.29, 0.717) is 5.92 Å². The van der Waals surface area contributed by atoms with Gasteiger partial charge in [0.05, 0.1) is 0 Å². The second-order valence-electron chi connectivity index (χ2n) is 3.12. The van der Waals surface area contributed by atoms with Crippen LogP contribution in [0.5, 0.6) is 0 Å². The molecular formula is C9H17NO2. The van der Waals surface area contributed by atoms with Gasteiger partial charge in [0.25, 0.3) is 0 Å². The molecule has 3 heteroatoms. The van der Waals surface area contributed by atoms with Gasteiger partial charge in [0.1, 0.15) is 0 Å². The lowest BCUT2D eigenvalue weighted by atomic mass is 10.3. The lowest BCUT2D eigenvalue weighted by molar-refractivity contribution is -0.122. The topological polar surface area (TPSA) is 38.3 Å². The molecule has 1 amide bonds. The lowest BCUT2D eigenvalue weighted by Crippen LogP contribution is -2.26. The van der Waals surface area contributed by atoms with E-state index in [-0.39, 0.29) is 5.91 Å². The van der Waals surface area contributed by atoms with Crippen molar-refractivity contribution in [3.05, 3.63) is 0 Å². The Hall–Kier alpha value is -0.570. The highest BCUT2D eigenvalue weighted by Gasteiger charge is 2.28. The van der Waals surface area contributed by atoms with E-state index in [0.717, 1.165) is 39.0 Å². The highest BCUT2D eigenvalue weighted by molar-refractivity contribution is 5.80. The predicted octanol–water partition coefficient (Wildman–Crippen LogP) is 0.939. The summed E-state index contributed by atoms with van der Waals surface area (Å²) in [5.41, 5.74) is 0. The first-order valence-corrected chi connectivity index (χ1v) is 4.70. The highest BCUT2D eigenvalue weighted by atomic mass is 16.5. The number of amides is 1. The van der Waals surface area contributed by atoms with Gasteiger partial charge in [-0.05, 0) is 26.2 Å². The summed E-state index contributed by atoms with van der Waals surface area (Å²) < 4.78 is 5.14. The summed E-state index contributed by atoms with van der Waals surface area (Å²) >= 11 is 0. The van der Waals surface area contributed by atoms with E-state index >= 15 is 0 Å². The number of carbonyl (C=O) groups excluding carboxylic acids is 1. The molecule has 0 aromatic carbocycles. The monoisotopic (exact) mass is 171 g/mol. The van der Waals surface area contributed by atoms with Crippen LogP contribution in [0.2, 0.25) is 0 Å². The second kappa shape index (κ2) is 5.14. The van der Waals surface area contributed by atoms with Crippen LogP contribution >= 0.6 is 0 Å². The molecule has 1 aliphatic carbocycles.